The van der Waals surface area contributed by atoms with Crippen molar-refractivity contribution in [2.75, 3.05) is 18.5 Å². The monoisotopic (exact) mass is 241 g/mol. The maximum absolute atomic E-state index is 5.65. The summed E-state index contributed by atoms with van der Waals surface area (Å²) in [6, 6.07) is 1.80. The molecule has 0 aliphatic heterocycles. The van der Waals surface area contributed by atoms with Crippen LogP contribution in [-0.2, 0) is 0 Å². The van der Waals surface area contributed by atoms with E-state index in [2.05, 4.69) is 21.9 Å². The van der Waals surface area contributed by atoms with Gasteiger partial charge < -0.3 is 10.1 Å². The van der Waals surface area contributed by atoms with E-state index < -0.39 is 0 Å². The van der Waals surface area contributed by atoms with Crippen LogP contribution in [-0.4, -0.2) is 23.1 Å². The normalized spacial score (nSPS) is 9.94. The molecule has 0 saturated carbocycles. The summed E-state index contributed by atoms with van der Waals surface area (Å²) in [5, 5.41) is 3.48. The summed E-state index contributed by atoms with van der Waals surface area (Å²) < 4.78 is 5.44. The van der Waals surface area contributed by atoms with Crippen LogP contribution in [0, 0.1) is 6.92 Å². The van der Waals surface area contributed by atoms with E-state index in [-0.39, 0.29) is 0 Å². The zero-order valence-electron chi connectivity index (χ0n) is 9.59. The third kappa shape index (κ3) is 4.49. The Balaban J connectivity index is 2.69. The SMILES string of the molecule is C=C(Cl)CNc1nc(C)cc(OCCC)n1. The van der Waals surface area contributed by atoms with Crippen molar-refractivity contribution in [3.8, 4) is 5.88 Å². The molecule has 1 rings (SSSR count). The third-order valence-corrected chi connectivity index (χ3v) is 1.86. The number of halogens is 1. The maximum Gasteiger partial charge on any atom is 0.226 e. The van der Waals surface area contributed by atoms with Gasteiger partial charge in [0.2, 0.25) is 11.8 Å². The van der Waals surface area contributed by atoms with Gasteiger partial charge in [-0.2, -0.15) is 4.98 Å². The van der Waals surface area contributed by atoms with Crippen molar-refractivity contribution >= 4 is 17.5 Å². The minimum atomic E-state index is 0.443. The quantitative estimate of drug-likeness (QED) is 0.832. The lowest BCUT2D eigenvalue weighted by Gasteiger charge is -2.08. The van der Waals surface area contributed by atoms with Crippen LogP contribution in [0.3, 0.4) is 0 Å². The molecule has 5 heteroatoms. The summed E-state index contributed by atoms with van der Waals surface area (Å²) >= 11 is 5.65. The van der Waals surface area contributed by atoms with E-state index in [1.807, 2.05) is 13.8 Å². The first-order valence-corrected chi connectivity index (χ1v) is 5.55. The molecule has 16 heavy (non-hydrogen) atoms. The molecule has 1 aromatic rings. The van der Waals surface area contributed by atoms with Crippen LogP contribution in [0.1, 0.15) is 19.0 Å². The zero-order chi connectivity index (χ0) is 12.0. The fraction of sp³-hybridized carbons (Fsp3) is 0.455. The van der Waals surface area contributed by atoms with Crippen molar-refractivity contribution in [1.29, 1.82) is 0 Å². The average molecular weight is 242 g/mol. The molecular formula is C11H16ClN3O. The fourth-order valence-electron chi connectivity index (χ4n) is 1.07. The van der Waals surface area contributed by atoms with Gasteiger partial charge in [0, 0.05) is 16.8 Å². The van der Waals surface area contributed by atoms with Crippen molar-refractivity contribution in [1.82, 2.24) is 9.97 Å². The lowest BCUT2D eigenvalue weighted by Crippen LogP contribution is -2.07. The molecule has 0 aliphatic rings. The van der Waals surface area contributed by atoms with Gasteiger partial charge >= 0.3 is 0 Å². The van der Waals surface area contributed by atoms with E-state index in [0.717, 1.165) is 12.1 Å². The number of aryl methyl sites for hydroxylation is 1. The molecule has 0 unspecified atom stereocenters. The number of nitrogens with one attached hydrogen (secondary N) is 1. The van der Waals surface area contributed by atoms with Crippen LogP contribution in [0.5, 0.6) is 5.88 Å². The van der Waals surface area contributed by atoms with Crippen molar-refractivity contribution in [3.05, 3.63) is 23.4 Å². The molecule has 1 aromatic heterocycles. The Hall–Kier alpha value is -1.29. The summed E-state index contributed by atoms with van der Waals surface area (Å²) in [6.45, 7) is 8.61. The summed E-state index contributed by atoms with van der Waals surface area (Å²) in [4.78, 5) is 8.41. The van der Waals surface area contributed by atoms with Crippen LogP contribution in [0.15, 0.2) is 17.7 Å². The van der Waals surface area contributed by atoms with Crippen molar-refractivity contribution in [2.45, 2.75) is 20.3 Å². The summed E-state index contributed by atoms with van der Waals surface area (Å²) in [7, 11) is 0. The number of hydrogen-bond acceptors (Lipinski definition) is 4. The van der Waals surface area contributed by atoms with Gasteiger partial charge in [0.25, 0.3) is 0 Å². The topological polar surface area (TPSA) is 47.0 Å². The molecule has 0 fully saturated rings. The highest BCUT2D eigenvalue weighted by molar-refractivity contribution is 6.29. The molecule has 0 atom stereocenters. The second-order valence-electron chi connectivity index (χ2n) is 3.39. The summed E-state index contributed by atoms with van der Waals surface area (Å²) in [5.74, 6) is 1.09. The van der Waals surface area contributed by atoms with E-state index in [0.29, 0.717) is 30.0 Å². The predicted molar refractivity (Wildman–Crippen MR) is 66.0 cm³/mol. The van der Waals surface area contributed by atoms with Gasteiger partial charge in [-0.3, -0.25) is 0 Å². The Morgan fingerprint density at radius 3 is 2.94 bits per heavy atom. The first-order valence-electron chi connectivity index (χ1n) is 5.17. The molecule has 0 saturated heterocycles. The first kappa shape index (κ1) is 12.8. The predicted octanol–water partition coefficient (Wildman–Crippen LogP) is 2.74. The fourth-order valence-corrected chi connectivity index (χ4v) is 1.14. The second-order valence-corrected chi connectivity index (χ2v) is 3.92. The lowest BCUT2D eigenvalue weighted by atomic mass is 10.4. The highest BCUT2D eigenvalue weighted by atomic mass is 35.5. The maximum atomic E-state index is 5.65. The molecule has 0 aromatic carbocycles. The Morgan fingerprint density at radius 2 is 2.31 bits per heavy atom. The summed E-state index contributed by atoms with van der Waals surface area (Å²) in [6.07, 6.45) is 0.949. The largest absolute Gasteiger partial charge is 0.478 e. The molecule has 88 valence electrons. The van der Waals surface area contributed by atoms with Crippen molar-refractivity contribution in [3.63, 3.8) is 0 Å². The molecular weight excluding hydrogens is 226 g/mol. The zero-order valence-corrected chi connectivity index (χ0v) is 10.3. The van der Waals surface area contributed by atoms with Gasteiger partial charge in [-0.1, -0.05) is 25.1 Å². The van der Waals surface area contributed by atoms with Crippen LogP contribution in [0.2, 0.25) is 0 Å². The minimum Gasteiger partial charge on any atom is -0.478 e. The van der Waals surface area contributed by atoms with E-state index in [4.69, 9.17) is 16.3 Å². The van der Waals surface area contributed by atoms with E-state index >= 15 is 0 Å². The van der Waals surface area contributed by atoms with Gasteiger partial charge in [0.15, 0.2) is 0 Å². The number of rotatable bonds is 6. The van der Waals surface area contributed by atoms with Gasteiger partial charge in [0.1, 0.15) is 0 Å². The average Bonchev–Trinajstić information content (AvgIpc) is 2.23. The number of hydrogen-bond donors (Lipinski definition) is 1. The molecule has 1 heterocycles. The van der Waals surface area contributed by atoms with E-state index in [1.165, 1.54) is 0 Å². The molecule has 0 radical (unpaired) electrons. The minimum absolute atomic E-state index is 0.443. The molecule has 0 aliphatic carbocycles. The van der Waals surface area contributed by atoms with E-state index in [1.54, 1.807) is 6.07 Å². The Bertz CT molecular complexity index is 368. The van der Waals surface area contributed by atoms with Gasteiger partial charge in [0.05, 0.1) is 13.2 Å². The van der Waals surface area contributed by atoms with Crippen molar-refractivity contribution < 1.29 is 4.74 Å². The molecule has 0 amide bonds. The molecule has 0 spiro atoms. The van der Waals surface area contributed by atoms with Gasteiger partial charge in [-0.05, 0) is 13.3 Å². The van der Waals surface area contributed by atoms with Crippen LogP contribution in [0.25, 0.3) is 0 Å². The Morgan fingerprint density at radius 1 is 1.56 bits per heavy atom. The second kappa shape index (κ2) is 6.33. The summed E-state index contributed by atoms with van der Waals surface area (Å²) in [5.41, 5.74) is 0.851. The highest BCUT2D eigenvalue weighted by Crippen LogP contribution is 2.12. The standard InChI is InChI=1S/C11H16ClN3O/c1-4-5-16-10-6-9(3)14-11(15-10)13-7-8(2)12/h6H,2,4-5,7H2,1,3H3,(H,13,14,15). The number of nitrogens with zero attached hydrogens (tertiary/aromatic N) is 2. The lowest BCUT2D eigenvalue weighted by molar-refractivity contribution is 0.305. The number of anilines is 1. The smallest absolute Gasteiger partial charge is 0.226 e. The van der Waals surface area contributed by atoms with Gasteiger partial charge in [-0.15, -0.1) is 0 Å². The number of ether oxygens (including phenoxy) is 1. The van der Waals surface area contributed by atoms with Crippen LogP contribution >= 0.6 is 11.6 Å². The molecule has 4 nitrogen and oxygen atoms in total. The van der Waals surface area contributed by atoms with Gasteiger partial charge in [-0.25, -0.2) is 4.98 Å². The highest BCUT2D eigenvalue weighted by Gasteiger charge is 2.02. The Kier molecular flexibility index (Phi) is 5.05. The van der Waals surface area contributed by atoms with E-state index in [9.17, 15) is 0 Å². The van der Waals surface area contributed by atoms with Crippen LogP contribution < -0.4 is 10.1 Å². The Labute approximate surface area is 101 Å². The van der Waals surface area contributed by atoms with Crippen molar-refractivity contribution in [2.24, 2.45) is 0 Å². The van der Waals surface area contributed by atoms with Crippen LogP contribution in [0.4, 0.5) is 5.95 Å². The molecule has 0 bridgehead atoms. The first-order chi connectivity index (χ1) is 7.61. The number of aromatic nitrogens is 2. The molecule has 1 N–H and O–H groups in total. The third-order valence-electron chi connectivity index (χ3n) is 1.72.